The van der Waals surface area contributed by atoms with E-state index in [1.165, 1.54) is 55.3 Å². The predicted molar refractivity (Wildman–Crippen MR) is 124 cm³/mol. The number of ketones is 2. The lowest BCUT2D eigenvalue weighted by Gasteiger charge is -2.22. The summed E-state index contributed by atoms with van der Waals surface area (Å²) in [6.07, 6.45) is -1.34. The van der Waals surface area contributed by atoms with Crippen LogP contribution in [0.4, 0.5) is 10.1 Å². The number of nitrogens with zero attached hydrogens (tertiary/aromatic N) is 2. The number of benzene rings is 3. The third-order valence-electron chi connectivity index (χ3n) is 5.78. The Balaban J connectivity index is 1.61. The summed E-state index contributed by atoms with van der Waals surface area (Å²) < 4.78 is 18.6. The molecule has 9 nitrogen and oxygen atoms in total. The number of esters is 1. The summed E-state index contributed by atoms with van der Waals surface area (Å²) >= 11 is 0. The van der Waals surface area contributed by atoms with Gasteiger partial charge in [-0.05, 0) is 36.8 Å². The quantitative estimate of drug-likeness (QED) is 0.229. The fourth-order valence-corrected chi connectivity index (χ4v) is 4.10. The molecule has 3 aromatic rings. The summed E-state index contributed by atoms with van der Waals surface area (Å²) in [4.78, 5) is 63.8. The molecule has 0 heterocycles. The smallest absolute Gasteiger partial charge is 0.345 e. The van der Waals surface area contributed by atoms with Crippen LogP contribution in [0.1, 0.15) is 54.7 Å². The molecule has 1 aliphatic carbocycles. The Morgan fingerprint density at radius 3 is 2.31 bits per heavy atom. The number of nitro benzene ring substituents is 1. The van der Waals surface area contributed by atoms with Crippen LogP contribution in [-0.4, -0.2) is 46.4 Å². The van der Waals surface area contributed by atoms with Crippen LogP contribution in [0.3, 0.4) is 0 Å². The normalized spacial score (nSPS) is 12.9. The first-order valence-electron chi connectivity index (χ1n) is 10.8. The molecule has 0 fully saturated rings. The first-order valence-corrected chi connectivity index (χ1v) is 10.8. The molecular weight excluding hydrogens is 471 g/mol. The second kappa shape index (κ2) is 9.49. The van der Waals surface area contributed by atoms with Crippen LogP contribution in [0.25, 0.3) is 0 Å². The molecule has 10 heteroatoms. The summed E-state index contributed by atoms with van der Waals surface area (Å²) in [5.41, 5.74) is -1.50. The Bertz CT molecular complexity index is 1450. The molecular formula is C26H19FN2O7. The Hall–Kier alpha value is -4.73. The van der Waals surface area contributed by atoms with Gasteiger partial charge in [-0.15, -0.1) is 0 Å². The van der Waals surface area contributed by atoms with E-state index in [1.807, 2.05) is 0 Å². The lowest BCUT2D eigenvalue weighted by atomic mass is 9.82. The maximum Gasteiger partial charge on any atom is 0.345 e. The number of rotatable bonds is 6. The van der Waals surface area contributed by atoms with Gasteiger partial charge < -0.3 is 9.64 Å². The number of hydrogen-bond donors (Lipinski definition) is 0. The van der Waals surface area contributed by atoms with Crippen molar-refractivity contribution in [2.45, 2.75) is 19.6 Å². The largest absolute Gasteiger partial charge is 0.449 e. The van der Waals surface area contributed by atoms with Crippen LogP contribution in [0.15, 0.2) is 60.7 Å². The highest BCUT2D eigenvalue weighted by Crippen LogP contribution is 2.36. The van der Waals surface area contributed by atoms with E-state index in [1.54, 1.807) is 12.1 Å². The molecule has 3 aromatic carbocycles. The fraction of sp³-hybridized carbons (Fsp3) is 0.154. The number of carbonyl (C=O) groups excluding carboxylic acids is 4. The van der Waals surface area contributed by atoms with Gasteiger partial charge in [-0.3, -0.25) is 24.5 Å². The third kappa shape index (κ3) is 4.36. The van der Waals surface area contributed by atoms with Gasteiger partial charge in [0.25, 0.3) is 11.6 Å². The average molecular weight is 490 g/mol. The van der Waals surface area contributed by atoms with Gasteiger partial charge in [0, 0.05) is 30.3 Å². The van der Waals surface area contributed by atoms with E-state index in [4.69, 9.17) is 4.74 Å². The number of hydrogen-bond acceptors (Lipinski definition) is 7. The molecule has 1 amide bonds. The van der Waals surface area contributed by atoms with E-state index in [2.05, 4.69) is 0 Å². The number of halogens is 1. The highest BCUT2D eigenvalue weighted by Gasteiger charge is 2.39. The van der Waals surface area contributed by atoms with Gasteiger partial charge in [0.15, 0.2) is 11.9 Å². The van der Waals surface area contributed by atoms with Gasteiger partial charge in [0.05, 0.1) is 4.92 Å². The van der Waals surface area contributed by atoms with E-state index in [0.29, 0.717) is 5.56 Å². The minimum atomic E-state index is -1.34. The molecule has 0 N–H and O–H groups in total. The zero-order valence-corrected chi connectivity index (χ0v) is 19.2. The molecule has 0 aliphatic heterocycles. The van der Waals surface area contributed by atoms with Crippen molar-refractivity contribution in [2.24, 2.45) is 0 Å². The standard InChI is InChI=1S/C26H19FN2O7/c1-14(25(32)28(2)13-15-6-5-7-16(27)12-15)36-26(33)20-11-10-19-21(22(20)29(34)35)24(31)18-9-4-3-8-17(18)23(19)30/h3-12,14H,13H2,1-2H3. The van der Waals surface area contributed by atoms with Crippen molar-refractivity contribution in [3.05, 3.63) is 110 Å². The minimum Gasteiger partial charge on any atom is -0.449 e. The van der Waals surface area contributed by atoms with Gasteiger partial charge in [0.1, 0.15) is 16.9 Å². The number of nitro groups is 1. The van der Waals surface area contributed by atoms with Gasteiger partial charge in [-0.2, -0.15) is 0 Å². The van der Waals surface area contributed by atoms with Crippen LogP contribution >= 0.6 is 0 Å². The van der Waals surface area contributed by atoms with E-state index in [0.717, 1.165) is 12.1 Å². The first kappa shape index (κ1) is 24.4. The molecule has 0 saturated carbocycles. The Morgan fingerprint density at radius 2 is 1.67 bits per heavy atom. The van der Waals surface area contributed by atoms with E-state index in [-0.39, 0.29) is 23.2 Å². The molecule has 4 rings (SSSR count). The second-order valence-electron chi connectivity index (χ2n) is 8.22. The number of ether oxygens (including phenoxy) is 1. The first-order chi connectivity index (χ1) is 17.1. The van der Waals surface area contributed by atoms with Crippen molar-refractivity contribution >= 4 is 29.1 Å². The third-order valence-corrected chi connectivity index (χ3v) is 5.78. The van der Waals surface area contributed by atoms with Crippen LogP contribution in [0.2, 0.25) is 0 Å². The molecule has 1 aliphatic rings. The zero-order valence-electron chi connectivity index (χ0n) is 19.2. The predicted octanol–water partition coefficient (Wildman–Crippen LogP) is 3.71. The molecule has 0 spiro atoms. The molecule has 182 valence electrons. The van der Waals surface area contributed by atoms with Crippen molar-refractivity contribution < 1.29 is 33.2 Å². The maximum absolute atomic E-state index is 13.4. The number of likely N-dealkylation sites (N-methyl/N-ethyl adjacent to an activating group) is 1. The lowest BCUT2D eigenvalue weighted by molar-refractivity contribution is -0.385. The Kier molecular flexibility index (Phi) is 6.43. The lowest BCUT2D eigenvalue weighted by Crippen LogP contribution is -2.37. The topological polar surface area (TPSA) is 124 Å². The van der Waals surface area contributed by atoms with Gasteiger partial charge in [0.2, 0.25) is 5.78 Å². The molecule has 1 atom stereocenters. The Labute approximate surface area is 204 Å². The number of carbonyl (C=O) groups is 4. The van der Waals surface area contributed by atoms with Crippen molar-refractivity contribution in [3.63, 3.8) is 0 Å². The van der Waals surface area contributed by atoms with Gasteiger partial charge >= 0.3 is 5.97 Å². The molecule has 0 radical (unpaired) electrons. The maximum atomic E-state index is 13.4. The number of amides is 1. The fourth-order valence-electron chi connectivity index (χ4n) is 4.10. The monoisotopic (exact) mass is 490 g/mol. The summed E-state index contributed by atoms with van der Waals surface area (Å²) in [5.74, 6) is -3.65. The minimum absolute atomic E-state index is 0.00821. The summed E-state index contributed by atoms with van der Waals surface area (Å²) in [5, 5.41) is 11.9. The molecule has 0 aromatic heterocycles. The van der Waals surface area contributed by atoms with Crippen LogP contribution in [0, 0.1) is 15.9 Å². The zero-order chi connectivity index (χ0) is 26.1. The van der Waals surface area contributed by atoms with Crippen molar-refractivity contribution in [3.8, 4) is 0 Å². The van der Waals surface area contributed by atoms with E-state index in [9.17, 15) is 33.7 Å². The number of fused-ring (bicyclic) bond motifs is 2. The summed E-state index contributed by atoms with van der Waals surface area (Å²) in [6.45, 7) is 1.32. The highest BCUT2D eigenvalue weighted by molar-refractivity contribution is 6.30. The van der Waals surface area contributed by atoms with Gasteiger partial charge in [-0.25, -0.2) is 9.18 Å². The van der Waals surface area contributed by atoms with Crippen molar-refractivity contribution in [2.75, 3.05) is 7.05 Å². The summed E-state index contributed by atoms with van der Waals surface area (Å²) in [6, 6.07) is 13.7. The van der Waals surface area contributed by atoms with Crippen LogP contribution in [0.5, 0.6) is 0 Å². The SMILES string of the molecule is CC(OC(=O)c1ccc2c(c1[N+](=O)[O-])C(=O)c1ccccc1C2=O)C(=O)N(C)Cc1cccc(F)c1. The average Bonchev–Trinajstić information content (AvgIpc) is 2.85. The molecule has 1 unspecified atom stereocenters. The molecule has 0 bridgehead atoms. The van der Waals surface area contributed by atoms with Crippen LogP contribution in [-0.2, 0) is 16.1 Å². The van der Waals surface area contributed by atoms with E-state index < -0.39 is 57.1 Å². The second-order valence-corrected chi connectivity index (χ2v) is 8.22. The molecule has 0 saturated heterocycles. The van der Waals surface area contributed by atoms with Crippen LogP contribution < -0.4 is 0 Å². The summed E-state index contributed by atoms with van der Waals surface area (Å²) in [7, 11) is 1.43. The van der Waals surface area contributed by atoms with Crippen molar-refractivity contribution in [1.29, 1.82) is 0 Å². The van der Waals surface area contributed by atoms with E-state index >= 15 is 0 Å². The highest BCUT2D eigenvalue weighted by atomic mass is 19.1. The molecule has 36 heavy (non-hydrogen) atoms. The van der Waals surface area contributed by atoms with Gasteiger partial charge in [-0.1, -0.05) is 36.4 Å². The van der Waals surface area contributed by atoms with Crippen molar-refractivity contribution in [1.82, 2.24) is 4.90 Å². The Morgan fingerprint density at radius 1 is 1.00 bits per heavy atom.